The lowest BCUT2D eigenvalue weighted by Gasteiger charge is -2.38. The molecule has 2 aromatic heterocycles. The number of para-hydroxylation sites is 1. The van der Waals surface area contributed by atoms with Crippen LogP contribution >= 0.6 is 12.4 Å². The zero-order valence-corrected chi connectivity index (χ0v) is 19.3. The van der Waals surface area contributed by atoms with E-state index >= 15 is 0 Å². The summed E-state index contributed by atoms with van der Waals surface area (Å²) in [5, 5.41) is 7.67. The molecule has 1 aliphatic carbocycles. The number of nitrogens with zero attached hydrogens (tertiary/aromatic N) is 1. The molecule has 6 heteroatoms. The minimum absolute atomic E-state index is 0. The van der Waals surface area contributed by atoms with E-state index < -0.39 is 0 Å². The number of aromatic amines is 1. The number of aromatic nitrogens is 2. The lowest BCUT2D eigenvalue weighted by Crippen LogP contribution is -2.43. The average Bonchev–Trinajstić information content (AvgIpc) is 3.38. The van der Waals surface area contributed by atoms with Crippen LogP contribution in [0.5, 0.6) is 0 Å². The van der Waals surface area contributed by atoms with Crippen molar-refractivity contribution in [1.82, 2.24) is 10.2 Å². The van der Waals surface area contributed by atoms with Crippen LogP contribution in [-0.4, -0.2) is 10.2 Å². The molecule has 5 nitrogen and oxygen atoms in total. The Labute approximate surface area is 203 Å². The summed E-state index contributed by atoms with van der Waals surface area (Å²) in [7, 11) is 0. The zero-order chi connectivity index (χ0) is 22.4. The second-order valence-electron chi connectivity index (χ2n) is 8.73. The van der Waals surface area contributed by atoms with Crippen LogP contribution in [0, 0.1) is 0 Å². The van der Waals surface area contributed by atoms with Crippen LogP contribution in [0.2, 0.25) is 0 Å². The third kappa shape index (κ3) is 3.54. The average molecular weight is 470 g/mol. The summed E-state index contributed by atoms with van der Waals surface area (Å²) < 4.78 is 6.52. The molecule has 5 aromatic rings. The molecule has 6 rings (SSSR count). The van der Waals surface area contributed by atoms with Gasteiger partial charge in [-0.2, -0.15) is 5.10 Å². The van der Waals surface area contributed by atoms with Gasteiger partial charge in [-0.1, -0.05) is 60.7 Å². The molecule has 0 bridgehead atoms. The predicted molar refractivity (Wildman–Crippen MR) is 138 cm³/mol. The molecule has 1 aliphatic rings. The summed E-state index contributed by atoms with van der Waals surface area (Å²) in [4.78, 5) is 13.9. The van der Waals surface area contributed by atoms with Crippen molar-refractivity contribution in [2.45, 2.75) is 24.8 Å². The van der Waals surface area contributed by atoms with Crippen molar-refractivity contribution in [3.8, 4) is 33.7 Å². The van der Waals surface area contributed by atoms with Gasteiger partial charge in [-0.25, -0.2) is 0 Å². The molecule has 34 heavy (non-hydrogen) atoms. The first-order chi connectivity index (χ1) is 16.1. The summed E-state index contributed by atoms with van der Waals surface area (Å²) in [5.41, 5.74) is 11.6. The third-order valence-corrected chi connectivity index (χ3v) is 6.72. The number of hydrogen-bond donors (Lipinski definition) is 2. The molecule has 0 spiro atoms. The topological polar surface area (TPSA) is 84.9 Å². The van der Waals surface area contributed by atoms with Crippen LogP contribution in [0.4, 0.5) is 0 Å². The second kappa shape index (κ2) is 8.60. The molecule has 3 aromatic carbocycles. The fraction of sp³-hybridized carbons (Fsp3) is 0.143. The SMILES string of the molecule is Cl.NC1(c2ccc(-c3c(-c4ccccc4)oc4c(-c5cc[nH]n5)cccc4c3=O)cc2)CCC1. The normalized spacial score (nSPS) is 14.4. The number of nitrogens with two attached hydrogens (primary N) is 1. The van der Waals surface area contributed by atoms with Gasteiger partial charge in [0.25, 0.3) is 0 Å². The first kappa shape index (κ1) is 22.1. The van der Waals surface area contributed by atoms with Gasteiger partial charge in [0.05, 0.1) is 16.6 Å². The van der Waals surface area contributed by atoms with Crippen LogP contribution in [0.15, 0.2) is 94.3 Å². The molecule has 3 N–H and O–H groups in total. The molecule has 1 fully saturated rings. The fourth-order valence-electron chi connectivity index (χ4n) is 4.70. The summed E-state index contributed by atoms with van der Waals surface area (Å²) >= 11 is 0. The maximum atomic E-state index is 13.9. The number of H-pyrrole nitrogens is 1. The van der Waals surface area contributed by atoms with Gasteiger partial charge in [-0.05, 0) is 48.6 Å². The maximum Gasteiger partial charge on any atom is 0.201 e. The minimum Gasteiger partial charge on any atom is -0.454 e. The number of benzene rings is 3. The number of nitrogens with one attached hydrogen (secondary N) is 1. The molecule has 2 heterocycles. The third-order valence-electron chi connectivity index (χ3n) is 6.72. The molecule has 0 saturated heterocycles. The van der Waals surface area contributed by atoms with E-state index in [1.54, 1.807) is 6.20 Å². The van der Waals surface area contributed by atoms with Crippen molar-refractivity contribution in [2.75, 3.05) is 0 Å². The summed E-state index contributed by atoms with van der Waals surface area (Å²) in [6, 6.07) is 25.3. The van der Waals surface area contributed by atoms with Crippen molar-refractivity contribution in [3.05, 3.63) is 101 Å². The van der Waals surface area contributed by atoms with Crippen molar-refractivity contribution in [3.63, 3.8) is 0 Å². The van der Waals surface area contributed by atoms with Gasteiger partial charge in [0.15, 0.2) is 0 Å². The summed E-state index contributed by atoms with van der Waals surface area (Å²) in [6.45, 7) is 0. The van der Waals surface area contributed by atoms with Gasteiger partial charge in [0.2, 0.25) is 5.43 Å². The molecule has 0 unspecified atom stereocenters. The van der Waals surface area contributed by atoms with Crippen molar-refractivity contribution in [2.24, 2.45) is 5.73 Å². The maximum absolute atomic E-state index is 13.9. The molecular formula is C28H24ClN3O2. The Morgan fingerprint density at radius 2 is 1.65 bits per heavy atom. The molecule has 1 saturated carbocycles. The Bertz CT molecular complexity index is 1500. The molecule has 0 aliphatic heterocycles. The Hall–Kier alpha value is -3.67. The van der Waals surface area contributed by atoms with E-state index in [1.165, 1.54) is 0 Å². The lowest BCUT2D eigenvalue weighted by atomic mass is 9.72. The van der Waals surface area contributed by atoms with Crippen LogP contribution in [0.3, 0.4) is 0 Å². The van der Waals surface area contributed by atoms with E-state index in [9.17, 15) is 4.79 Å². The molecule has 0 amide bonds. The zero-order valence-electron chi connectivity index (χ0n) is 18.5. The Balaban J connectivity index is 0.00000241. The number of hydrogen-bond acceptors (Lipinski definition) is 4. The predicted octanol–water partition coefficient (Wildman–Crippen LogP) is 6.28. The molecule has 0 radical (unpaired) electrons. The molecule has 170 valence electrons. The van der Waals surface area contributed by atoms with Crippen molar-refractivity contribution in [1.29, 1.82) is 0 Å². The second-order valence-corrected chi connectivity index (χ2v) is 8.73. The number of fused-ring (bicyclic) bond motifs is 1. The number of halogens is 1. The van der Waals surface area contributed by atoms with Gasteiger partial charge in [-0.3, -0.25) is 9.89 Å². The van der Waals surface area contributed by atoms with E-state index in [-0.39, 0.29) is 23.4 Å². The van der Waals surface area contributed by atoms with Crippen molar-refractivity contribution >= 4 is 23.4 Å². The monoisotopic (exact) mass is 469 g/mol. The van der Waals surface area contributed by atoms with Crippen LogP contribution in [0.25, 0.3) is 44.7 Å². The van der Waals surface area contributed by atoms with Gasteiger partial charge >= 0.3 is 0 Å². The smallest absolute Gasteiger partial charge is 0.201 e. The van der Waals surface area contributed by atoms with E-state index in [1.807, 2.05) is 78.9 Å². The highest BCUT2D eigenvalue weighted by Gasteiger charge is 2.34. The van der Waals surface area contributed by atoms with E-state index in [2.05, 4.69) is 10.2 Å². The lowest BCUT2D eigenvalue weighted by molar-refractivity contribution is 0.253. The highest BCUT2D eigenvalue weighted by atomic mass is 35.5. The largest absolute Gasteiger partial charge is 0.454 e. The Morgan fingerprint density at radius 3 is 2.29 bits per heavy atom. The fourth-order valence-corrected chi connectivity index (χ4v) is 4.70. The quantitative estimate of drug-likeness (QED) is 0.324. The van der Waals surface area contributed by atoms with Gasteiger partial charge in [0, 0.05) is 22.9 Å². The summed E-state index contributed by atoms with van der Waals surface area (Å²) in [5.74, 6) is 0.551. The first-order valence-electron chi connectivity index (χ1n) is 11.2. The van der Waals surface area contributed by atoms with E-state index in [4.69, 9.17) is 10.2 Å². The molecule has 0 atom stereocenters. The minimum atomic E-state index is -0.243. The summed E-state index contributed by atoms with van der Waals surface area (Å²) in [6.07, 6.45) is 4.90. The van der Waals surface area contributed by atoms with Crippen LogP contribution < -0.4 is 11.2 Å². The van der Waals surface area contributed by atoms with E-state index in [0.29, 0.717) is 22.3 Å². The van der Waals surface area contributed by atoms with Gasteiger partial charge in [-0.15, -0.1) is 12.4 Å². The molecular weight excluding hydrogens is 446 g/mol. The Morgan fingerprint density at radius 1 is 0.882 bits per heavy atom. The van der Waals surface area contributed by atoms with Gasteiger partial charge < -0.3 is 10.2 Å². The standard InChI is InChI=1S/C28H23N3O2.ClH/c29-28(15-5-16-28)20-12-10-18(11-13-20)24-25(32)22-9-4-8-21(23-14-17-30-31-23)27(22)33-26(24)19-6-2-1-3-7-19;/h1-4,6-14,17H,5,15-16,29H2,(H,30,31);1H. The highest BCUT2D eigenvalue weighted by Crippen LogP contribution is 2.40. The van der Waals surface area contributed by atoms with Crippen LogP contribution in [0.1, 0.15) is 24.8 Å². The number of rotatable bonds is 4. The Kier molecular flexibility index (Phi) is 5.60. The highest BCUT2D eigenvalue weighted by molar-refractivity contribution is 5.96. The first-order valence-corrected chi connectivity index (χ1v) is 11.2. The van der Waals surface area contributed by atoms with E-state index in [0.717, 1.165) is 47.2 Å². The van der Waals surface area contributed by atoms with Crippen LogP contribution in [-0.2, 0) is 5.54 Å². The van der Waals surface area contributed by atoms with Gasteiger partial charge in [0.1, 0.15) is 11.3 Å². The van der Waals surface area contributed by atoms with Crippen molar-refractivity contribution < 1.29 is 4.42 Å².